The van der Waals surface area contributed by atoms with Crippen molar-refractivity contribution in [2.45, 2.75) is 18.6 Å². The van der Waals surface area contributed by atoms with Gasteiger partial charge in [-0.2, -0.15) is 0 Å². The van der Waals surface area contributed by atoms with E-state index in [2.05, 4.69) is 0 Å². The second kappa shape index (κ2) is 7.22. The lowest BCUT2D eigenvalue weighted by Gasteiger charge is -2.23. The molecular formula is C23H17F2NO3. The van der Waals surface area contributed by atoms with Crippen LogP contribution in [-0.4, -0.2) is 16.8 Å². The van der Waals surface area contributed by atoms with Crippen LogP contribution in [0.5, 0.6) is 0 Å². The van der Waals surface area contributed by atoms with Crippen LogP contribution in [0.3, 0.4) is 0 Å². The Morgan fingerprint density at radius 2 is 1.48 bits per heavy atom. The Morgan fingerprint density at radius 1 is 0.897 bits per heavy atom. The third-order valence-corrected chi connectivity index (χ3v) is 5.08. The molecule has 0 bridgehead atoms. The summed E-state index contributed by atoms with van der Waals surface area (Å²) in [7, 11) is 0. The highest BCUT2D eigenvalue weighted by Crippen LogP contribution is 2.43. The number of halogens is 2. The van der Waals surface area contributed by atoms with Gasteiger partial charge in [0.2, 0.25) is 0 Å². The molecule has 1 amide bonds. The molecular weight excluding hydrogens is 376 g/mol. The summed E-state index contributed by atoms with van der Waals surface area (Å²) in [5.41, 5.74) is -0.299. The molecule has 3 aromatic rings. The molecule has 1 N–H and O–H groups in total. The van der Waals surface area contributed by atoms with Crippen molar-refractivity contribution in [3.63, 3.8) is 0 Å². The van der Waals surface area contributed by atoms with Crippen molar-refractivity contribution in [3.8, 4) is 0 Å². The summed E-state index contributed by atoms with van der Waals surface area (Å²) < 4.78 is 26.3. The van der Waals surface area contributed by atoms with Crippen LogP contribution >= 0.6 is 0 Å². The molecule has 1 aliphatic heterocycles. The average Bonchev–Trinajstić information content (AvgIpc) is 2.92. The second-order valence-electron chi connectivity index (χ2n) is 7.00. The van der Waals surface area contributed by atoms with E-state index in [9.17, 15) is 23.5 Å². The van der Waals surface area contributed by atoms with Gasteiger partial charge in [-0.05, 0) is 48.0 Å². The Labute approximate surface area is 166 Å². The predicted octanol–water partition coefficient (Wildman–Crippen LogP) is 3.97. The van der Waals surface area contributed by atoms with Crippen molar-refractivity contribution in [3.05, 3.63) is 101 Å². The zero-order chi connectivity index (χ0) is 20.6. The minimum Gasteiger partial charge on any atom is -0.375 e. The molecule has 3 aromatic carbocycles. The van der Waals surface area contributed by atoms with Crippen LogP contribution in [0.1, 0.15) is 27.9 Å². The van der Waals surface area contributed by atoms with E-state index in [1.165, 1.54) is 29.2 Å². The molecule has 1 atom stereocenters. The number of benzene rings is 3. The zero-order valence-electron chi connectivity index (χ0n) is 15.3. The van der Waals surface area contributed by atoms with Gasteiger partial charge in [0.25, 0.3) is 5.91 Å². The molecule has 1 heterocycles. The van der Waals surface area contributed by atoms with E-state index in [0.717, 1.165) is 12.1 Å². The van der Waals surface area contributed by atoms with Gasteiger partial charge >= 0.3 is 0 Å². The number of para-hydroxylation sites is 1. The van der Waals surface area contributed by atoms with Gasteiger partial charge in [-0.25, -0.2) is 8.78 Å². The van der Waals surface area contributed by atoms with Crippen molar-refractivity contribution in [2.24, 2.45) is 0 Å². The smallest absolute Gasteiger partial charge is 0.264 e. The highest BCUT2D eigenvalue weighted by atomic mass is 19.1. The molecule has 0 fully saturated rings. The summed E-state index contributed by atoms with van der Waals surface area (Å²) in [4.78, 5) is 27.2. The largest absolute Gasteiger partial charge is 0.375 e. The van der Waals surface area contributed by atoms with Crippen LogP contribution in [0, 0.1) is 11.6 Å². The standard InChI is InChI=1S/C23H17F2NO3/c24-17-9-5-15(6-10-17)14-26-20-4-2-1-3-19(20)23(29,22(26)28)13-21(27)16-7-11-18(25)12-8-16/h1-12,29H,13-14H2/t23-/m1/s1. The van der Waals surface area contributed by atoms with E-state index in [-0.39, 0.29) is 17.9 Å². The van der Waals surface area contributed by atoms with Crippen molar-refractivity contribution < 1.29 is 23.5 Å². The number of amides is 1. The first-order valence-corrected chi connectivity index (χ1v) is 9.05. The Balaban J connectivity index is 1.66. The zero-order valence-corrected chi connectivity index (χ0v) is 15.3. The molecule has 0 unspecified atom stereocenters. The molecule has 4 nitrogen and oxygen atoms in total. The lowest BCUT2D eigenvalue weighted by molar-refractivity contribution is -0.136. The van der Waals surface area contributed by atoms with Gasteiger partial charge in [-0.1, -0.05) is 30.3 Å². The molecule has 4 rings (SSSR count). The van der Waals surface area contributed by atoms with Crippen molar-refractivity contribution in [2.75, 3.05) is 4.90 Å². The van der Waals surface area contributed by atoms with Gasteiger partial charge < -0.3 is 10.0 Å². The number of rotatable bonds is 5. The van der Waals surface area contributed by atoms with E-state index in [4.69, 9.17) is 0 Å². The number of aliphatic hydroxyl groups is 1. The summed E-state index contributed by atoms with van der Waals surface area (Å²) in [5, 5.41) is 11.2. The van der Waals surface area contributed by atoms with Gasteiger partial charge in [0.05, 0.1) is 18.7 Å². The monoisotopic (exact) mass is 393 g/mol. The number of hydrogen-bond donors (Lipinski definition) is 1. The fraction of sp³-hybridized carbons (Fsp3) is 0.130. The SMILES string of the molecule is O=C(C[C@]1(O)C(=O)N(Cc2ccc(F)cc2)c2ccccc21)c1ccc(F)cc1. The molecule has 146 valence electrons. The first-order valence-electron chi connectivity index (χ1n) is 9.05. The summed E-state index contributed by atoms with van der Waals surface area (Å²) in [6.45, 7) is 0.128. The summed E-state index contributed by atoms with van der Waals surface area (Å²) in [5.74, 6) is -1.96. The molecule has 0 saturated carbocycles. The van der Waals surface area contributed by atoms with E-state index in [0.29, 0.717) is 16.8 Å². The number of Topliss-reactive ketones (excluding diaryl/α,β-unsaturated/α-hetero) is 1. The van der Waals surface area contributed by atoms with Gasteiger partial charge in [0, 0.05) is 11.1 Å². The molecule has 0 radical (unpaired) electrons. The van der Waals surface area contributed by atoms with E-state index in [1.54, 1.807) is 36.4 Å². The van der Waals surface area contributed by atoms with Crippen molar-refractivity contribution in [1.29, 1.82) is 0 Å². The molecule has 0 aromatic heterocycles. The van der Waals surface area contributed by atoms with Crippen molar-refractivity contribution >= 4 is 17.4 Å². The quantitative estimate of drug-likeness (QED) is 0.668. The minimum absolute atomic E-state index is 0.128. The highest BCUT2D eigenvalue weighted by Gasteiger charge is 2.50. The number of nitrogens with zero attached hydrogens (tertiary/aromatic N) is 1. The van der Waals surface area contributed by atoms with Gasteiger partial charge in [-0.15, -0.1) is 0 Å². The van der Waals surface area contributed by atoms with E-state index in [1.807, 2.05) is 0 Å². The lowest BCUT2D eigenvalue weighted by atomic mass is 9.88. The molecule has 1 aliphatic rings. The summed E-state index contributed by atoms with van der Waals surface area (Å²) >= 11 is 0. The predicted molar refractivity (Wildman–Crippen MR) is 103 cm³/mol. The molecule has 6 heteroatoms. The molecule has 0 saturated heterocycles. The Hall–Kier alpha value is -3.38. The molecule has 0 spiro atoms. The second-order valence-corrected chi connectivity index (χ2v) is 7.00. The molecule has 0 aliphatic carbocycles. The van der Waals surface area contributed by atoms with Gasteiger partial charge in [0.1, 0.15) is 11.6 Å². The minimum atomic E-state index is -2.03. The van der Waals surface area contributed by atoms with Crippen LogP contribution < -0.4 is 4.90 Å². The number of carbonyl (C=O) groups excluding carboxylic acids is 2. The third-order valence-electron chi connectivity index (χ3n) is 5.08. The number of anilines is 1. The molecule has 29 heavy (non-hydrogen) atoms. The van der Waals surface area contributed by atoms with Crippen LogP contribution in [0.15, 0.2) is 72.8 Å². The van der Waals surface area contributed by atoms with Crippen LogP contribution in [0.4, 0.5) is 14.5 Å². The first-order chi connectivity index (χ1) is 13.9. The lowest BCUT2D eigenvalue weighted by Crippen LogP contribution is -2.41. The maximum atomic E-state index is 13.2. The van der Waals surface area contributed by atoms with E-state index >= 15 is 0 Å². The number of hydrogen-bond acceptors (Lipinski definition) is 3. The van der Waals surface area contributed by atoms with Crippen LogP contribution in [-0.2, 0) is 16.9 Å². The number of fused-ring (bicyclic) bond motifs is 1. The van der Waals surface area contributed by atoms with Gasteiger partial charge in [0.15, 0.2) is 11.4 Å². The fourth-order valence-electron chi connectivity index (χ4n) is 3.58. The fourth-order valence-corrected chi connectivity index (χ4v) is 3.58. The van der Waals surface area contributed by atoms with E-state index < -0.39 is 29.5 Å². The Kier molecular flexibility index (Phi) is 4.72. The maximum Gasteiger partial charge on any atom is 0.264 e. The summed E-state index contributed by atoms with van der Waals surface area (Å²) in [6, 6.07) is 17.4. The Morgan fingerprint density at radius 3 is 2.14 bits per heavy atom. The van der Waals surface area contributed by atoms with Crippen LogP contribution in [0.25, 0.3) is 0 Å². The number of ketones is 1. The summed E-state index contributed by atoms with van der Waals surface area (Å²) in [6.07, 6.45) is -0.464. The first kappa shape index (κ1) is 19.0. The maximum absolute atomic E-state index is 13.2. The van der Waals surface area contributed by atoms with Gasteiger partial charge in [-0.3, -0.25) is 9.59 Å². The normalized spacial score (nSPS) is 18.0. The Bertz CT molecular complexity index is 1080. The topological polar surface area (TPSA) is 57.6 Å². The average molecular weight is 393 g/mol. The highest BCUT2D eigenvalue weighted by molar-refractivity contribution is 6.10. The van der Waals surface area contributed by atoms with Crippen LogP contribution in [0.2, 0.25) is 0 Å². The third kappa shape index (κ3) is 3.43. The number of carbonyl (C=O) groups is 2. The van der Waals surface area contributed by atoms with Crippen molar-refractivity contribution in [1.82, 2.24) is 0 Å².